The number of halogens is 2. The normalized spacial score (nSPS) is 18.0. The molecule has 0 bridgehead atoms. The first-order valence-electron chi connectivity index (χ1n) is 8.13. The second kappa shape index (κ2) is 6.30. The summed E-state index contributed by atoms with van der Waals surface area (Å²) in [6, 6.07) is 3.52. The molecule has 2 saturated carbocycles. The van der Waals surface area contributed by atoms with E-state index >= 15 is 0 Å². The number of nitrogens with one attached hydrogen (secondary N) is 1. The Kier molecular flexibility index (Phi) is 4.43. The van der Waals surface area contributed by atoms with Gasteiger partial charge in [-0.05, 0) is 55.7 Å². The van der Waals surface area contributed by atoms with Crippen LogP contribution in [-0.4, -0.2) is 19.1 Å². The zero-order valence-corrected chi connectivity index (χ0v) is 12.7. The van der Waals surface area contributed by atoms with Crippen LogP contribution in [0.1, 0.15) is 44.6 Å². The molecule has 1 aromatic rings. The average molecular weight is 294 g/mol. The summed E-state index contributed by atoms with van der Waals surface area (Å²) in [5.74, 6) is -0.222. The number of benzene rings is 1. The van der Waals surface area contributed by atoms with Gasteiger partial charge in [-0.25, -0.2) is 8.78 Å². The van der Waals surface area contributed by atoms with E-state index in [0.717, 1.165) is 13.0 Å². The summed E-state index contributed by atoms with van der Waals surface area (Å²) >= 11 is 0. The Morgan fingerprint density at radius 1 is 1.14 bits per heavy atom. The van der Waals surface area contributed by atoms with Gasteiger partial charge in [0.05, 0.1) is 0 Å². The monoisotopic (exact) mass is 294 g/mol. The molecule has 2 aliphatic carbocycles. The predicted octanol–water partition coefficient (Wildman–Crippen LogP) is 3.84. The van der Waals surface area contributed by atoms with Gasteiger partial charge in [-0.2, -0.15) is 0 Å². The second-order valence-corrected chi connectivity index (χ2v) is 6.45. The van der Waals surface area contributed by atoms with Gasteiger partial charge in [0.2, 0.25) is 0 Å². The van der Waals surface area contributed by atoms with Crippen molar-refractivity contribution in [1.82, 2.24) is 5.32 Å². The molecule has 0 spiro atoms. The first-order valence-corrected chi connectivity index (χ1v) is 8.13. The molecular weight excluding hydrogens is 270 g/mol. The molecule has 1 aromatic carbocycles. The van der Waals surface area contributed by atoms with Crippen LogP contribution in [0.5, 0.6) is 0 Å². The fraction of sp³-hybridized carbons (Fsp3) is 0.647. The molecule has 3 rings (SSSR count). The smallest absolute Gasteiger partial charge is 0.149 e. The van der Waals surface area contributed by atoms with Crippen LogP contribution in [0.15, 0.2) is 12.1 Å². The van der Waals surface area contributed by atoms with E-state index in [1.807, 2.05) is 11.8 Å². The van der Waals surface area contributed by atoms with Crippen molar-refractivity contribution in [2.75, 3.05) is 18.0 Å². The van der Waals surface area contributed by atoms with Crippen LogP contribution in [0.2, 0.25) is 0 Å². The zero-order valence-electron chi connectivity index (χ0n) is 12.7. The standard InChI is InChI=1S/C17H24F2N2/c1-2-7-21(11-12-3-4-12)17-15(18)8-13(9-16(17)19)10-20-14-5-6-14/h8-9,12,14,20H,2-7,10-11H2,1H3. The van der Waals surface area contributed by atoms with E-state index in [0.29, 0.717) is 30.6 Å². The highest BCUT2D eigenvalue weighted by Crippen LogP contribution is 2.33. The highest BCUT2D eigenvalue weighted by atomic mass is 19.1. The Morgan fingerprint density at radius 2 is 1.81 bits per heavy atom. The lowest BCUT2D eigenvalue weighted by Gasteiger charge is -2.25. The van der Waals surface area contributed by atoms with E-state index in [4.69, 9.17) is 0 Å². The number of anilines is 1. The summed E-state index contributed by atoms with van der Waals surface area (Å²) < 4.78 is 28.8. The van der Waals surface area contributed by atoms with Gasteiger partial charge in [-0.1, -0.05) is 6.92 Å². The number of hydrogen-bond acceptors (Lipinski definition) is 2. The van der Waals surface area contributed by atoms with Crippen LogP contribution in [-0.2, 0) is 6.54 Å². The molecule has 0 saturated heterocycles. The van der Waals surface area contributed by atoms with Crippen LogP contribution in [0.3, 0.4) is 0 Å². The lowest BCUT2D eigenvalue weighted by atomic mass is 10.1. The van der Waals surface area contributed by atoms with Gasteiger partial charge < -0.3 is 10.2 Å². The largest absolute Gasteiger partial charge is 0.367 e. The van der Waals surface area contributed by atoms with E-state index in [-0.39, 0.29) is 5.69 Å². The van der Waals surface area contributed by atoms with Crippen LogP contribution >= 0.6 is 0 Å². The lowest BCUT2D eigenvalue weighted by molar-refractivity contribution is 0.557. The minimum absolute atomic E-state index is 0.166. The zero-order chi connectivity index (χ0) is 14.8. The van der Waals surface area contributed by atoms with E-state index in [1.54, 1.807) is 0 Å². The summed E-state index contributed by atoms with van der Waals surface area (Å²) in [5, 5.41) is 3.30. The Labute approximate surface area is 125 Å². The van der Waals surface area contributed by atoms with Crippen molar-refractivity contribution in [2.45, 2.75) is 51.6 Å². The first-order chi connectivity index (χ1) is 10.2. The van der Waals surface area contributed by atoms with E-state index < -0.39 is 11.6 Å². The summed E-state index contributed by atoms with van der Waals surface area (Å²) in [5.41, 5.74) is 0.863. The van der Waals surface area contributed by atoms with Crippen molar-refractivity contribution >= 4 is 5.69 Å². The van der Waals surface area contributed by atoms with Crippen molar-refractivity contribution in [3.63, 3.8) is 0 Å². The molecule has 0 heterocycles. The van der Waals surface area contributed by atoms with Gasteiger partial charge in [0.1, 0.15) is 17.3 Å². The maximum Gasteiger partial charge on any atom is 0.149 e. The van der Waals surface area contributed by atoms with Gasteiger partial charge in [-0.15, -0.1) is 0 Å². The average Bonchev–Trinajstić information content (AvgIpc) is 3.31. The molecule has 0 atom stereocenters. The first kappa shape index (κ1) is 14.8. The SMILES string of the molecule is CCCN(CC1CC1)c1c(F)cc(CNC2CC2)cc1F. The molecule has 0 aliphatic heterocycles. The molecule has 0 amide bonds. The number of hydrogen-bond donors (Lipinski definition) is 1. The van der Waals surface area contributed by atoms with Gasteiger partial charge in [0, 0.05) is 25.7 Å². The maximum atomic E-state index is 14.4. The van der Waals surface area contributed by atoms with Gasteiger partial charge in [0.25, 0.3) is 0 Å². The molecule has 21 heavy (non-hydrogen) atoms. The quantitative estimate of drug-likeness (QED) is 0.783. The van der Waals surface area contributed by atoms with Crippen molar-refractivity contribution in [1.29, 1.82) is 0 Å². The molecule has 2 nitrogen and oxygen atoms in total. The molecule has 1 N–H and O–H groups in total. The second-order valence-electron chi connectivity index (χ2n) is 6.45. The Hall–Kier alpha value is -1.16. The topological polar surface area (TPSA) is 15.3 Å². The van der Waals surface area contributed by atoms with Crippen LogP contribution in [0.4, 0.5) is 14.5 Å². The molecule has 2 aliphatic rings. The Bertz CT molecular complexity index is 473. The third kappa shape index (κ3) is 3.94. The highest BCUT2D eigenvalue weighted by molar-refractivity contribution is 5.51. The van der Waals surface area contributed by atoms with Crippen LogP contribution in [0, 0.1) is 17.6 Å². The van der Waals surface area contributed by atoms with Gasteiger partial charge >= 0.3 is 0 Å². The fourth-order valence-electron chi connectivity index (χ4n) is 2.75. The van der Waals surface area contributed by atoms with Gasteiger partial charge in [-0.3, -0.25) is 0 Å². The minimum Gasteiger partial charge on any atom is -0.367 e. The van der Waals surface area contributed by atoms with Gasteiger partial charge in [0.15, 0.2) is 0 Å². The molecular formula is C17H24F2N2. The fourth-order valence-corrected chi connectivity index (χ4v) is 2.75. The summed E-state index contributed by atoms with van der Waals surface area (Å²) in [7, 11) is 0. The summed E-state index contributed by atoms with van der Waals surface area (Å²) in [4.78, 5) is 1.89. The maximum absolute atomic E-state index is 14.4. The third-order valence-electron chi connectivity index (χ3n) is 4.23. The highest BCUT2D eigenvalue weighted by Gasteiger charge is 2.27. The van der Waals surface area contributed by atoms with Crippen molar-refractivity contribution in [3.05, 3.63) is 29.3 Å². The Morgan fingerprint density at radius 3 is 2.33 bits per heavy atom. The van der Waals surface area contributed by atoms with Crippen LogP contribution in [0.25, 0.3) is 0 Å². The lowest BCUT2D eigenvalue weighted by Crippen LogP contribution is -2.28. The van der Waals surface area contributed by atoms with E-state index in [9.17, 15) is 8.78 Å². The van der Waals surface area contributed by atoms with Crippen molar-refractivity contribution in [2.24, 2.45) is 5.92 Å². The Balaban J connectivity index is 1.75. The molecule has 0 unspecified atom stereocenters. The van der Waals surface area contributed by atoms with Crippen LogP contribution < -0.4 is 10.2 Å². The molecule has 2 fully saturated rings. The van der Waals surface area contributed by atoms with E-state index in [2.05, 4.69) is 5.32 Å². The number of nitrogens with zero attached hydrogens (tertiary/aromatic N) is 1. The minimum atomic E-state index is -0.420. The predicted molar refractivity (Wildman–Crippen MR) is 81.4 cm³/mol. The van der Waals surface area contributed by atoms with Crippen molar-refractivity contribution < 1.29 is 8.78 Å². The molecule has 0 aromatic heterocycles. The van der Waals surface area contributed by atoms with E-state index in [1.165, 1.54) is 37.8 Å². The molecule has 4 heteroatoms. The summed E-state index contributed by atoms with van der Waals surface area (Å²) in [6.07, 6.45) is 5.62. The van der Waals surface area contributed by atoms with Crippen molar-refractivity contribution in [3.8, 4) is 0 Å². The number of rotatable bonds is 8. The summed E-state index contributed by atoms with van der Waals surface area (Å²) in [6.45, 7) is 4.09. The molecule has 116 valence electrons. The molecule has 0 radical (unpaired) electrons. The third-order valence-corrected chi connectivity index (χ3v) is 4.23.